The van der Waals surface area contributed by atoms with Crippen molar-refractivity contribution >= 4 is 33.2 Å². The zero-order valence-electron chi connectivity index (χ0n) is 16.8. The topological polar surface area (TPSA) is 105 Å². The van der Waals surface area contributed by atoms with E-state index in [2.05, 4.69) is 14.9 Å². The lowest BCUT2D eigenvalue weighted by Crippen LogP contribution is -2.35. The van der Waals surface area contributed by atoms with E-state index < -0.39 is 10.0 Å². The molecule has 10 heteroatoms. The standard InChI is InChI=1S/C21H21ClN4O4S/c1-14-5-6-15(13-18(14)31(28,29)25-17-9-7-16(22)8-10-17)19-23-20(30-24-19)21(27)26-11-3-2-4-12-26/h5-10,13,25H,2-4,11-12H2,1H3. The molecule has 0 radical (unpaired) electrons. The molecule has 0 atom stereocenters. The molecule has 1 aromatic heterocycles. The molecule has 1 aliphatic rings. The maximum absolute atomic E-state index is 12.9. The number of sulfonamides is 1. The van der Waals surface area contributed by atoms with Gasteiger partial charge in [-0.1, -0.05) is 28.9 Å². The van der Waals surface area contributed by atoms with Crippen LogP contribution in [0.25, 0.3) is 11.4 Å². The van der Waals surface area contributed by atoms with E-state index in [1.807, 2.05) is 0 Å². The molecule has 0 aliphatic carbocycles. The number of rotatable bonds is 5. The second-order valence-electron chi connectivity index (χ2n) is 7.37. The molecule has 2 aromatic carbocycles. The monoisotopic (exact) mass is 460 g/mol. The van der Waals surface area contributed by atoms with Gasteiger partial charge < -0.3 is 9.42 Å². The molecule has 1 fully saturated rings. The Morgan fingerprint density at radius 1 is 1.10 bits per heavy atom. The van der Waals surface area contributed by atoms with Crippen LogP contribution in [0.1, 0.15) is 35.5 Å². The predicted molar refractivity (Wildman–Crippen MR) is 116 cm³/mol. The summed E-state index contributed by atoms with van der Waals surface area (Å²) in [6.07, 6.45) is 3.00. The van der Waals surface area contributed by atoms with Gasteiger partial charge in [0.1, 0.15) is 0 Å². The van der Waals surface area contributed by atoms with Crippen molar-refractivity contribution < 1.29 is 17.7 Å². The summed E-state index contributed by atoms with van der Waals surface area (Å²) < 4.78 is 33.6. The summed E-state index contributed by atoms with van der Waals surface area (Å²) in [4.78, 5) is 18.5. The SMILES string of the molecule is Cc1ccc(-c2noc(C(=O)N3CCCCC3)n2)cc1S(=O)(=O)Nc1ccc(Cl)cc1. The second-order valence-corrected chi connectivity index (χ2v) is 9.46. The highest BCUT2D eigenvalue weighted by Gasteiger charge is 2.25. The Bertz CT molecular complexity index is 1200. The van der Waals surface area contributed by atoms with Gasteiger partial charge in [0.05, 0.1) is 4.90 Å². The lowest BCUT2D eigenvalue weighted by molar-refractivity contribution is 0.0674. The van der Waals surface area contributed by atoms with Crippen molar-refractivity contribution in [1.29, 1.82) is 0 Å². The number of anilines is 1. The lowest BCUT2D eigenvalue weighted by Gasteiger charge is -2.24. The van der Waals surface area contributed by atoms with Crippen molar-refractivity contribution in [3.8, 4) is 11.4 Å². The van der Waals surface area contributed by atoms with Crippen LogP contribution in [0.4, 0.5) is 5.69 Å². The molecule has 162 valence electrons. The molecule has 0 unspecified atom stereocenters. The summed E-state index contributed by atoms with van der Waals surface area (Å²) in [5.74, 6) is -0.243. The van der Waals surface area contributed by atoms with Crippen molar-refractivity contribution in [2.75, 3.05) is 17.8 Å². The molecule has 31 heavy (non-hydrogen) atoms. The number of hydrogen-bond acceptors (Lipinski definition) is 6. The second kappa shape index (κ2) is 8.68. The van der Waals surface area contributed by atoms with Crippen LogP contribution in [0, 0.1) is 6.92 Å². The molecule has 4 rings (SSSR count). The van der Waals surface area contributed by atoms with E-state index >= 15 is 0 Å². The van der Waals surface area contributed by atoms with Crippen LogP contribution in [0.3, 0.4) is 0 Å². The van der Waals surface area contributed by atoms with E-state index in [-0.39, 0.29) is 22.5 Å². The van der Waals surface area contributed by atoms with Gasteiger partial charge in [0.25, 0.3) is 10.0 Å². The van der Waals surface area contributed by atoms with Crippen LogP contribution >= 0.6 is 11.6 Å². The quantitative estimate of drug-likeness (QED) is 0.613. The van der Waals surface area contributed by atoms with E-state index in [4.69, 9.17) is 16.1 Å². The number of hydrogen-bond donors (Lipinski definition) is 1. The number of nitrogens with one attached hydrogen (secondary N) is 1. The Morgan fingerprint density at radius 2 is 1.81 bits per heavy atom. The zero-order valence-corrected chi connectivity index (χ0v) is 18.4. The Morgan fingerprint density at radius 3 is 2.52 bits per heavy atom. The van der Waals surface area contributed by atoms with E-state index in [0.29, 0.717) is 34.9 Å². The zero-order chi connectivity index (χ0) is 22.0. The number of likely N-dealkylation sites (tertiary alicyclic amines) is 1. The number of aromatic nitrogens is 2. The molecule has 3 aromatic rings. The smallest absolute Gasteiger partial charge is 0.316 e. The van der Waals surface area contributed by atoms with Crippen LogP contribution < -0.4 is 4.72 Å². The van der Waals surface area contributed by atoms with Crippen LogP contribution in [0.2, 0.25) is 5.02 Å². The van der Waals surface area contributed by atoms with Crippen LogP contribution in [-0.2, 0) is 10.0 Å². The lowest BCUT2D eigenvalue weighted by atomic mass is 10.1. The van der Waals surface area contributed by atoms with Crippen LogP contribution in [-0.4, -0.2) is 42.5 Å². The van der Waals surface area contributed by atoms with Crippen molar-refractivity contribution in [3.63, 3.8) is 0 Å². The Labute approximate surface area is 185 Å². The van der Waals surface area contributed by atoms with E-state index in [1.165, 1.54) is 6.07 Å². The predicted octanol–water partition coefficient (Wildman–Crippen LogP) is 4.13. The molecule has 2 heterocycles. The highest BCUT2D eigenvalue weighted by molar-refractivity contribution is 7.92. The van der Waals surface area contributed by atoms with Gasteiger partial charge in [0, 0.05) is 29.4 Å². The van der Waals surface area contributed by atoms with Crippen molar-refractivity contribution in [2.45, 2.75) is 31.1 Å². The minimum Gasteiger partial charge on any atom is -0.334 e. The number of amides is 1. The Kier molecular flexibility index (Phi) is 5.97. The Hall–Kier alpha value is -2.91. The Balaban J connectivity index is 1.60. The van der Waals surface area contributed by atoms with Crippen molar-refractivity contribution in [3.05, 3.63) is 58.9 Å². The fourth-order valence-corrected chi connectivity index (χ4v) is 4.87. The van der Waals surface area contributed by atoms with Gasteiger partial charge in [-0.3, -0.25) is 9.52 Å². The van der Waals surface area contributed by atoms with Crippen molar-refractivity contribution in [1.82, 2.24) is 15.0 Å². The maximum atomic E-state index is 12.9. The molecule has 1 amide bonds. The van der Waals surface area contributed by atoms with Gasteiger partial charge in [-0.2, -0.15) is 4.98 Å². The average Bonchev–Trinajstić information content (AvgIpc) is 3.26. The molecule has 0 saturated carbocycles. The normalized spacial score (nSPS) is 14.5. The first-order chi connectivity index (χ1) is 14.8. The van der Waals surface area contributed by atoms with Crippen molar-refractivity contribution in [2.24, 2.45) is 0 Å². The summed E-state index contributed by atoms with van der Waals surface area (Å²) in [7, 11) is -3.87. The third-order valence-electron chi connectivity index (χ3n) is 5.08. The number of carbonyl (C=O) groups is 1. The molecule has 0 spiro atoms. The fourth-order valence-electron chi connectivity index (χ4n) is 3.42. The van der Waals surface area contributed by atoms with Gasteiger partial charge in [0.15, 0.2) is 0 Å². The molecule has 1 saturated heterocycles. The first-order valence-electron chi connectivity index (χ1n) is 9.86. The maximum Gasteiger partial charge on any atom is 0.316 e. The first-order valence-corrected chi connectivity index (χ1v) is 11.7. The number of benzene rings is 2. The van der Waals surface area contributed by atoms with Gasteiger partial charge in [-0.15, -0.1) is 0 Å². The van der Waals surface area contributed by atoms with Gasteiger partial charge in [-0.25, -0.2) is 8.42 Å². The van der Waals surface area contributed by atoms with E-state index in [0.717, 1.165) is 19.3 Å². The summed E-state index contributed by atoms with van der Waals surface area (Å²) in [6, 6.07) is 11.2. The molecular formula is C21H21ClN4O4S. The number of carbonyl (C=O) groups excluding carboxylic acids is 1. The summed E-state index contributed by atoms with van der Waals surface area (Å²) >= 11 is 5.86. The third-order valence-corrected chi connectivity index (χ3v) is 6.86. The molecule has 1 aliphatic heterocycles. The largest absolute Gasteiger partial charge is 0.334 e. The van der Waals surface area contributed by atoms with E-state index in [9.17, 15) is 13.2 Å². The summed E-state index contributed by atoms with van der Waals surface area (Å²) in [5, 5.41) is 4.39. The molecule has 1 N–H and O–H groups in total. The third kappa shape index (κ3) is 4.72. The minimum absolute atomic E-state index is 0.0775. The number of nitrogens with zero attached hydrogens (tertiary/aromatic N) is 3. The summed E-state index contributed by atoms with van der Waals surface area (Å²) in [5.41, 5.74) is 1.38. The van der Waals surface area contributed by atoms with Gasteiger partial charge in [0.2, 0.25) is 5.82 Å². The highest BCUT2D eigenvalue weighted by atomic mass is 35.5. The van der Waals surface area contributed by atoms with E-state index in [1.54, 1.807) is 48.2 Å². The highest BCUT2D eigenvalue weighted by Crippen LogP contribution is 2.26. The number of piperidine rings is 1. The average molecular weight is 461 g/mol. The molecule has 0 bridgehead atoms. The number of aryl methyl sites for hydroxylation is 1. The van der Waals surface area contributed by atoms with Crippen LogP contribution in [0.15, 0.2) is 51.9 Å². The molecular weight excluding hydrogens is 440 g/mol. The van der Waals surface area contributed by atoms with Crippen LogP contribution in [0.5, 0.6) is 0 Å². The minimum atomic E-state index is -3.87. The number of halogens is 1. The van der Waals surface area contributed by atoms with Gasteiger partial charge in [-0.05, 0) is 62.1 Å². The summed E-state index contributed by atoms with van der Waals surface area (Å²) in [6.45, 7) is 3.03. The van der Waals surface area contributed by atoms with Gasteiger partial charge >= 0.3 is 11.8 Å². The molecule has 8 nitrogen and oxygen atoms in total. The first kappa shape index (κ1) is 21.3. The fraction of sp³-hybridized carbons (Fsp3) is 0.286.